The maximum Gasteiger partial charge on any atom is 0.337 e. The zero-order valence-corrected chi connectivity index (χ0v) is 10.6. The molecule has 0 unspecified atom stereocenters. The number of hydrogen-bond donors (Lipinski definition) is 3. The Labute approximate surface area is 113 Å². The third-order valence-corrected chi connectivity index (χ3v) is 2.77. The van der Waals surface area contributed by atoms with Crippen molar-refractivity contribution >= 4 is 23.0 Å². The van der Waals surface area contributed by atoms with Crippen molar-refractivity contribution in [3.05, 3.63) is 53.1 Å². The minimum Gasteiger partial charge on any atom is -0.478 e. The molecule has 0 atom stereocenters. The summed E-state index contributed by atoms with van der Waals surface area (Å²) in [4.78, 5) is 11.1. The average Bonchev–Trinajstić information content (AvgIpc) is 2.31. The third-order valence-electron chi connectivity index (χ3n) is 2.77. The lowest BCUT2D eigenvalue weighted by Gasteiger charge is -2.11. The summed E-state index contributed by atoms with van der Waals surface area (Å²) in [6.45, 7) is 1.65. The Balaban J connectivity index is 2.41. The summed E-state index contributed by atoms with van der Waals surface area (Å²) >= 11 is 0. The fourth-order valence-corrected chi connectivity index (χ4v) is 1.84. The molecule has 0 spiro atoms. The van der Waals surface area contributed by atoms with Crippen molar-refractivity contribution in [1.29, 1.82) is 0 Å². The van der Waals surface area contributed by atoms with Gasteiger partial charge in [0, 0.05) is 23.1 Å². The monoisotopic (exact) mass is 278 g/mol. The molecular formula is C14H12F2N2O2. The maximum atomic E-state index is 13.1. The van der Waals surface area contributed by atoms with Gasteiger partial charge in [-0.3, -0.25) is 0 Å². The van der Waals surface area contributed by atoms with Gasteiger partial charge in [-0.25, -0.2) is 13.6 Å². The number of aromatic carboxylic acids is 1. The number of nitrogens with one attached hydrogen (secondary N) is 1. The van der Waals surface area contributed by atoms with Gasteiger partial charge < -0.3 is 16.2 Å². The molecule has 0 aliphatic carbocycles. The fourth-order valence-electron chi connectivity index (χ4n) is 1.84. The number of hydrogen-bond acceptors (Lipinski definition) is 3. The van der Waals surface area contributed by atoms with Gasteiger partial charge in [-0.1, -0.05) is 0 Å². The van der Waals surface area contributed by atoms with E-state index in [-0.39, 0.29) is 16.9 Å². The van der Waals surface area contributed by atoms with E-state index in [2.05, 4.69) is 5.32 Å². The Bertz CT molecular complexity index is 667. The van der Waals surface area contributed by atoms with E-state index < -0.39 is 17.6 Å². The molecule has 2 aromatic carbocycles. The number of carbonyl (C=O) groups is 1. The summed E-state index contributed by atoms with van der Waals surface area (Å²) in [7, 11) is 0. The van der Waals surface area contributed by atoms with E-state index in [9.17, 15) is 13.6 Å². The van der Waals surface area contributed by atoms with Crippen molar-refractivity contribution in [1.82, 2.24) is 0 Å². The molecule has 0 amide bonds. The van der Waals surface area contributed by atoms with Gasteiger partial charge in [0.05, 0.1) is 5.56 Å². The lowest BCUT2D eigenvalue weighted by molar-refractivity contribution is 0.0698. The van der Waals surface area contributed by atoms with Crippen molar-refractivity contribution in [3.63, 3.8) is 0 Å². The van der Waals surface area contributed by atoms with Crippen molar-refractivity contribution in [2.45, 2.75) is 6.92 Å². The van der Waals surface area contributed by atoms with Crippen LogP contribution >= 0.6 is 0 Å². The molecule has 0 bridgehead atoms. The maximum absolute atomic E-state index is 13.1. The molecule has 2 aromatic rings. The molecule has 2 rings (SSSR count). The predicted molar refractivity (Wildman–Crippen MR) is 72.2 cm³/mol. The molecule has 0 aliphatic heterocycles. The van der Waals surface area contributed by atoms with E-state index in [4.69, 9.17) is 10.8 Å². The molecule has 0 aromatic heterocycles. The van der Waals surface area contributed by atoms with Crippen LogP contribution in [0, 0.1) is 18.6 Å². The van der Waals surface area contributed by atoms with Gasteiger partial charge in [-0.15, -0.1) is 0 Å². The Morgan fingerprint density at radius 2 is 1.65 bits per heavy atom. The number of benzene rings is 2. The van der Waals surface area contributed by atoms with Crippen LogP contribution in [-0.4, -0.2) is 11.1 Å². The van der Waals surface area contributed by atoms with Gasteiger partial charge in [-0.2, -0.15) is 0 Å². The topological polar surface area (TPSA) is 75.3 Å². The van der Waals surface area contributed by atoms with Crippen LogP contribution < -0.4 is 11.1 Å². The Morgan fingerprint density at radius 3 is 2.20 bits per heavy atom. The normalized spacial score (nSPS) is 10.3. The van der Waals surface area contributed by atoms with Crippen molar-refractivity contribution < 1.29 is 18.7 Å². The standard InChI is InChI=1S/C14H12F2N2O2/c1-7-2-10(6-12(13(7)17)14(19)20)18-11-4-8(15)3-9(16)5-11/h2-6,18H,17H2,1H3,(H,19,20). The van der Waals surface area contributed by atoms with Crippen LogP contribution in [0.3, 0.4) is 0 Å². The number of halogens is 2. The van der Waals surface area contributed by atoms with Crippen molar-refractivity contribution in [2.24, 2.45) is 0 Å². The zero-order chi connectivity index (χ0) is 14.9. The number of aryl methyl sites for hydroxylation is 1. The molecule has 4 nitrogen and oxygen atoms in total. The second-order valence-corrected chi connectivity index (χ2v) is 4.34. The first kappa shape index (κ1) is 13.8. The first-order valence-electron chi connectivity index (χ1n) is 5.73. The molecule has 20 heavy (non-hydrogen) atoms. The smallest absolute Gasteiger partial charge is 0.337 e. The fraction of sp³-hybridized carbons (Fsp3) is 0.0714. The highest BCUT2D eigenvalue weighted by Crippen LogP contribution is 2.26. The third kappa shape index (κ3) is 2.85. The molecule has 0 fully saturated rings. The van der Waals surface area contributed by atoms with E-state index in [0.717, 1.165) is 18.2 Å². The molecular weight excluding hydrogens is 266 g/mol. The summed E-state index contributed by atoms with van der Waals surface area (Å²) in [5.74, 6) is -2.61. The Kier molecular flexibility index (Phi) is 3.56. The molecule has 0 saturated heterocycles. The van der Waals surface area contributed by atoms with E-state index in [1.54, 1.807) is 13.0 Å². The molecule has 0 radical (unpaired) electrons. The van der Waals surface area contributed by atoms with Crippen LogP contribution in [0.2, 0.25) is 0 Å². The van der Waals surface area contributed by atoms with Gasteiger partial charge >= 0.3 is 5.97 Å². The molecule has 0 saturated carbocycles. The molecule has 6 heteroatoms. The average molecular weight is 278 g/mol. The van der Waals surface area contributed by atoms with Gasteiger partial charge in [-0.05, 0) is 36.8 Å². The molecule has 0 aliphatic rings. The summed E-state index contributed by atoms with van der Waals surface area (Å²) in [6.07, 6.45) is 0. The van der Waals surface area contributed by atoms with Crippen LogP contribution in [0.5, 0.6) is 0 Å². The van der Waals surface area contributed by atoms with Gasteiger partial charge in [0.2, 0.25) is 0 Å². The quantitative estimate of drug-likeness (QED) is 0.753. The first-order chi connectivity index (χ1) is 9.36. The second-order valence-electron chi connectivity index (χ2n) is 4.34. The second kappa shape index (κ2) is 5.16. The summed E-state index contributed by atoms with van der Waals surface area (Å²) in [5.41, 5.74) is 6.89. The number of nitrogen functional groups attached to an aromatic ring is 1. The van der Waals surface area contributed by atoms with Gasteiger partial charge in [0.15, 0.2) is 0 Å². The molecule has 4 N–H and O–H groups in total. The van der Waals surface area contributed by atoms with E-state index in [0.29, 0.717) is 11.3 Å². The van der Waals surface area contributed by atoms with Crippen LogP contribution in [0.25, 0.3) is 0 Å². The summed E-state index contributed by atoms with van der Waals surface area (Å²) in [5, 5.41) is 11.8. The summed E-state index contributed by atoms with van der Waals surface area (Å²) < 4.78 is 26.2. The highest BCUT2D eigenvalue weighted by atomic mass is 19.1. The number of carboxylic acid groups (broad SMARTS) is 1. The van der Waals surface area contributed by atoms with Crippen LogP contribution in [0.1, 0.15) is 15.9 Å². The predicted octanol–water partition coefficient (Wildman–Crippen LogP) is 3.30. The highest BCUT2D eigenvalue weighted by Gasteiger charge is 2.12. The minimum atomic E-state index is -1.17. The number of rotatable bonds is 3. The molecule has 104 valence electrons. The first-order valence-corrected chi connectivity index (χ1v) is 5.73. The molecule has 0 heterocycles. The van der Waals surface area contributed by atoms with Gasteiger partial charge in [0.25, 0.3) is 0 Å². The lowest BCUT2D eigenvalue weighted by atomic mass is 10.1. The Hall–Kier alpha value is -2.63. The van der Waals surface area contributed by atoms with Crippen molar-refractivity contribution in [3.8, 4) is 0 Å². The largest absolute Gasteiger partial charge is 0.478 e. The summed E-state index contributed by atoms with van der Waals surface area (Å²) in [6, 6.07) is 5.88. The Morgan fingerprint density at radius 1 is 1.10 bits per heavy atom. The SMILES string of the molecule is Cc1cc(Nc2cc(F)cc(F)c2)cc(C(=O)O)c1N. The van der Waals surface area contributed by atoms with Crippen LogP contribution in [0.4, 0.5) is 25.8 Å². The zero-order valence-electron chi connectivity index (χ0n) is 10.6. The van der Waals surface area contributed by atoms with E-state index in [1.807, 2.05) is 0 Å². The van der Waals surface area contributed by atoms with Gasteiger partial charge in [0.1, 0.15) is 11.6 Å². The van der Waals surface area contributed by atoms with Crippen LogP contribution in [-0.2, 0) is 0 Å². The van der Waals surface area contributed by atoms with Crippen LogP contribution in [0.15, 0.2) is 30.3 Å². The number of anilines is 3. The number of nitrogens with two attached hydrogens (primary N) is 1. The highest BCUT2D eigenvalue weighted by molar-refractivity contribution is 5.96. The van der Waals surface area contributed by atoms with E-state index in [1.165, 1.54) is 6.07 Å². The van der Waals surface area contributed by atoms with Crippen molar-refractivity contribution in [2.75, 3.05) is 11.1 Å². The minimum absolute atomic E-state index is 0.0654. The number of carboxylic acids is 1. The van der Waals surface area contributed by atoms with E-state index >= 15 is 0 Å². The lowest BCUT2D eigenvalue weighted by Crippen LogP contribution is -2.05.